The molecule has 0 aromatic heterocycles. The highest BCUT2D eigenvalue weighted by Crippen LogP contribution is 2.36. The lowest BCUT2D eigenvalue weighted by atomic mass is 9.81. The fourth-order valence-corrected chi connectivity index (χ4v) is 5.54. The number of benzene rings is 2. The zero-order valence-electron chi connectivity index (χ0n) is 17.3. The van der Waals surface area contributed by atoms with Gasteiger partial charge in [-0.05, 0) is 67.6 Å². The highest BCUT2D eigenvalue weighted by atomic mass is 35.5. The molecule has 166 valence electrons. The van der Waals surface area contributed by atoms with Crippen molar-refractivity contribution in [3.63, 3.8) is 0 Å². The van der Waals surface area contributed by atoms with E-state index in [9.17, 15) is 13.7 Å². The van der Waals surface area contributed by atoms with Crippen LogP contribution in [-0.2, 0) is 10.0 Å². The van der Waals surface area contributed by atoms with Crippen LogP contribution in [0, 0.1) is 28.6 Å². The number of nitrogens with one attached hydrogen (secondary N) is 2. The second kappa shape index (κ2) is 9.09. The van der Waals surface area contributed by atoms with E-state index in [0.29, 0.717) is 36.1 Å². The number of ether oxygens (including phenoxy) is 1. The van der Waals surface area contributed by atoms with Gasteiger partial charge in [0.05, 0.1) is 23.1 Å². The largest absolute Gasteiger partial charge is 0.492 e. The van der Waals surface area contributed by atoms with Gasteiger partial charge >= 0.3 is 0 Å². The van der Waals surface area contributed by atoms with Crippen molar-refractivity contribution in [2.24, 2.45) is 5.92 Å². The first-order chi connectivity index (χ1) is 15.4. The molecular formula is C23H23ClN4O3S. The summed E-state index contributed by atoms with van der Waals surface area (Å²) >= 11 is 6.02. The number of hydrogen-bond donors (Lipinski definition) is 2. The van der Waals surface area contributed by atoms with Crippen LogP contribution in [-0.4, -0.2) is 33.7 Å². The van der Waals surface area contributed by atoms with Gasteiger partial charge in [0.15, 0.2) is 0 Å². The first kappa shape index (κ1) is 22.6. The van der Waals surface area contributed by atoms with Crippen molar-refractivity contribution >= 4 is 21.6 Å². The molecule has 2 N–H and O–H groups in total. The minimum atomic E-state index is -3.90. The first-order valence-electron chi connectivity index (χ1n) is 10.4. The van der Waals surface area contributed by atoms with Gasteiger partial charge in [0.25, 0.3) is 0 Å². The van der Waals surface area contributed by atoms with Crippen molar-refractivity contribution in [2.45, 2.75) is 35.6 Å². The van der Waals surface area contributed by atoms with Crippen molar-refractivity contribution in [2.75, 3.05) is 19.7 Å². The summed E-state index contributed by atoms with van der Waals surface area (Å²) in [4.78, 5) is -0.0544. The van der Waals surface area contributed by atoms with Gasteiger partial charge in [0.1, 0.15) is 17.4 Å². The third-order valence-corrected chi connectivity index (χ3v) is 7.82. The monoisotopic (exact) mass is 470 g/mol. The van der Waals surface area contributed by atoms with E-state index in [2.05, 4.69) is 10.0 Å². The molecular weight excluding hydrogens is 448 g/mol. The molecule has 2 aromatic rings. The molecule has 0 radical (unpaired) electrons. The quantitative estimate of drug-likeness (QED) is 0.641. The predicted molar refractivity (Wildman–Crippen MR) is 120 cm³/mol. The summed E-state index contributed by atoms with van der Waals surface area (Å²) in [6.45, 7) is 2.08. The van der Waals surface area contributed by atoms with Gasteiger partial charge in [-0.2, -0.15) is 15.2 Å². The number of nitrogens with zero attached hydrogens (tertiary/aromatic N) is 2. The van der Waals surface area contributed by atoms with Crippen LogP contribution in [0.1, 0.15) is 36.3 Å². The van der Waals surface area contributed by atoms with Crippen molar-refractivity contribution in [1.82, 2.24) is 10.0 Å². The maximum absolute atomic E-state index is 12.6. The van der Waals surface area contributed by atoms with Crippen molar-refractivity contribution < 1.29 is 13.2 Å². The van der Waals surface area contributed by atoms with Crippen LogP contribution in [0.3, 0.4) is 0 Å². The Morgan fingerprint density at radius 1 is 1.19 bits per heavy atom. The molecule has 2 fully saturated rings. The Hall–Kier alpha value is -2.62. The van der Waals surface area contributed by atoms with Gasteiger partial charge in [0, 0.05) is 17.5 Å². The molecule has 0 bridgehead atoms. The molecule has 0 spiro atoms. The van der Waals surface area contributed by atoms with Crippen LogP contribution < -0.4 is 14.8 Å². The predicted octanol–water partition coefficient (Wildman–Crippen LogP) is 3.32. The average molecular weight is 471 g/mol. The van der Waals surface area contributed by atoms with Crippen molar-refractivity contribution in [3.8, 4) is 17.9 Å². The molecule has 1 aliphatic carbocycles. The summed E-state index contributed by atoms with van der Waals surface area (Å²) in [5, 5.41) is 22.8. The summed E-state index contributed by atoms with van der Waals surface area (Å²) in [7, 11) is -3.90. The summed E-state index contributed by atoms with van der Waals surface area (Å²) in [6, 6.07) is 16.1. The Morgan fingerprint density at radius 3 is 2.59 bits per heavy atom. The highest BCUT2D eigenvalue weighted by molar-refractivity contribution is 7.89. The molecule has 7 nitrogen and oxygen atoms in total. The molecule has 0 unspecified atom stereocenters. The van der Waals surface area contributed by atoms with E-state index in [-0.39, 0.29) is 16.4 Å². The lowest BCUT2D eigenvalue weighted by molar-refractivity contribution is 0.196. The number of hydrogen-bond acceptors (Lipinski definition) is 6. The van der Waals surface area contributed by atoms with E-state index in [0.717, 1.165) is 19.5 Å². The molecule has 2 aromatic carbocycles. The third-order valence-electron chi connectivity index (χ3n) is 6.03. The number of halogens is 1. The zero-order valence-corrected chi connectivity index (χ0v) is 18.9. The molecule has 2 aliphatic rings. The normalized spacial score (nSPS) is 21.8. The molecule has 9 heteroatoms. The summed E-state index contributed by atoms with van der Waals surface area (Å²) in [6.07, 6.45) is 1.93. The van der Waals surface area contributed by atoms with Gasteiger partial charge in [-0.3, -0.25) is 0 Å². The fourth-order valence-electron chi connectivity index (χ4n) is 4.01. The van der Waals surface area contributed by atoms with Gasteiger partial charge in [-0.1, -0.05) is 23.7 Å². The van der Waals surface area contributed by atoms with Gasteiger partial charge in [-0.15, -0.1) is 0 Å². The second-order valence-corrected chi connectivity index (χ2v) is 10.4. The minimum Gasteiger partial charge on any atom is -0.492 e. The lowest BCUT2D eigenvalue weighted by Gasteiger charge is -2.32. The van der Waals surface area contributed by atoms with Crippen molar-refractivity contribution in [3.05, 3.63) is 58.6 Å². The van der Waals surface area contributed by atoms with E-state index < -0.39 is 15.6 Å². The lowest BCUT2D eigenvalue weighted by Crippen LogP contribution is -2.38. The molecule has 1 aliphatic heterocycles. The van der Waals surface area contributed by atoms with Crippen LogP contribution in [0.15, 0.2) is 47.4 Å². The second-order valence-electron chi connectivity index (χ2n) is 8.29. The summed E-state index contributed by atoms with van der Waals surface area (Å²) < 4.78 is 33.7. The SMILES string of the molecule is N#Cc1cc(S(=O)(=O)NC2(C#N)CC2)ccc1OC[C@@H]1CNCC[C@H]1c1ccc(Cl)cc1. The van der Waals surface area contributed by atoms with Gasteiger partial charge < -0.3 is 10.1 Å². The fraction of sp³-hybridized carbons (Fsp3) is 0.391. The Labute approximate surface area is 193 Å². The van der Waals surface area contributed by atoms with Crippen LogP contribution in [0.25, 0.3) is 0 Å². The number of nitriles is 2. The third kappa shape index (κ3) is 4.90. The van der Waals surface area contributed by atoms with Crippen LogP contribution in [0.2, 0.25) is 5.02 Å². The van der Waals surface area contributed by atoms with Crippen LogP contribution in [0.5, 0.6) is 5.75 Å². The van der Waals surface area contributed by atoms with Gasteiger partial charge in [-0.25, -0.2) is 8.42 Å². The number of sulfonamides is 1. The number of piperidine rings is 1. The van der Waals surface area contributed by atoms with Crippen LogP contribution >= 0.6 is 11.6 Å². The molecule has 0 amide bonds. The molecule has 4 rings (SSSR count). The Kier molecular flexibility index (Phi) is 6.41. The standard InChI is InChI=1S/C23H23ClN4O3S/c24-19-3-1-16(2-4-19)21-7-10-27-13-18(21)14-31-22-6-5-20(11-17(22)12-25)32(29,30)28-23(15-26)8-9-23/h1-6,11,18,21,27-28H,7-10,13-14H2/t18-,21-/m0/s1. The summed E-state index contributed by atoms with van der Waals surface area (Å²) in [5.74, 6) is 0.823. The van der Waals surface area contributed by atoms with Gasteiger partial charge in [0.2, 0.25) is 10.0 Å². The van der Waals surface area contributed by atoms with E-state index in [4.69, 9.17) is 21.6 Å². The Bertz CT molecular complexity index is 1180. The zero-order chi connectivity index (χ0) is 22.8. The molecule has 1 saturated heterocycles. The average Bonchev–Trinajstić information content (AvgIpc) is 3.57. The number of rotatable bonds is 7. The molecule has 32 heavy (non-hydrogen) atoms. The minimum absolute atomic E-state index is 0.0544. The first-order valence-corrected chi connectivity index (χ1v) is 12.3. The summed E-state index contributed by atoms with van der Waals surface area (Å²) in [5.41, 5.74) is 0.316. The van der Waals surface area contributed by atoms with E-state index in [1.807, 2.05) is 36.4 Å². The Balaban J connectivity index is 1.48. The topological polar surface area (TPSA) is 115 Å². The van der Waals surface area contributed by atoms with E-state index in [1.165, 1.54) is 23.8 Å². The molecule has 1 saturated carbocycles. The molecule has 1 heterocycles. The molecule has 2 atom stereocenters. The van der Waals surface area contributed by atoms with E-state index >= 15 is 0 Å². The van der Waals surface area contributed by atoms with E-state index in [1.54, 1.807) is 0 Å². The maximum atomic E-state index is 12.6. The van der Waals surface area contributed by atoms with Crippen molar-refractivity contribution in [1.29, 1.82) is 10.5 Å². The van der Waals surface area contributed by atoms with Crippen LogP contribution in [0.4, 0.5) is 0 Å². The smallest absolute Gasteiger partial charge is 0.241 e. The highest BCUT2D eigenvalue weighted by Gasteiger charge is 2.46. The maximum Gasteiger partial charge on any atom is 0.241 e. The Morgan fingerprint density at radius 2 is 1.94 bits per heavy atom.